The van der Waals surface area contributed by atoms with Crippen LogP contribution in [0.15, 0.2) is 18.2 Å². The second-order valence-electron chi connectivity index (χ2n) is 3.54. The molecule has 0 saturated heterocycles. The Kier molecular flexibility index (Phi) is 4.13. The Morgan fingerprint density at radius 1 is 1.38 bits per heavy atom. The van der Waals surface area contributed by atoms with E-state index in [2.05, 4.69) is 10.6 Å². The van der Waals surface area contributed by atoms with Crippen LogP contribution in [0.4, 0.5) is 0 Å². The van der Waals surface area contributed by atoms with Crippen LogP contribution in [0.1, 0.15) is 12.5 Å². The second-order valence-corrected chi connectivity index (χ2v) is 3.54. The van der Waals surface area contributed by atoms with E-state index in [0.717, 1.165) is 5.56 Å². The van der Waals surface area contributed by atoms with E-state index in [9.17, 15) is 9.90 Å². The van der Waals surface area contributed by atoms with Gasteiger partial charge in [0.1, 0.15) is 0 Å². The molecule has 0 fully saturated rings. The maximum Gasteiger partial charge on any atom is 0.236 e. The summed E-state index contributed by atoms with van der Waals surface area (Å²) in [5.74, 6) is -0.405. The van der Waals surface area contributed by atoms with Crippen LogP contribution in [0.3, 0.4) is 0 Å². The van der Waals surface area contributed by atoms with E-state index in [4.69, 9.17) is 5.11 Å². The number of nitrogens with one attached hydrogen (secondary N) is 2. The molecule has 5 heteroatoms. The molecule has 1 aromatic carbocycles. The zero-order valence-electron chi connectivity index (χ0n) is 9.32. The average molecular weight is 224 g/mol. The van der Waals surface area contributed by atoms with Gasteiger partial charge in [-0.1, -0.05) is 6.07 Å². The van der Waals surface area contributed by atoms with Crippen LogP contribution in [-0.2, 0) is 11.3 Å². The molecule has 0 aliphatic carbocycles. The third-order valence-corrected chi connectivity index (χ3v) is 2.29. The number of phenolic OH excluding ortho intramolecular Hbond substituents is 2. The Balaban J connectivity index is 2.55. The molecule has 0 aliphatic rings. The van der Waals surface area contributed by atoms with Gasteiger partial charge in [-0.15, -0.1) is 0 Å². The number of phenols is 2. The lowest BCUT2D eigenvalue weighted by Crippen LogP contribution is -2.40. The van der Waals surface area contributed by atoms with Gasteiger partial charge < -0.3 is 20.8 Å². The highest BCUT2D eigenvalue weighted by molar-refractivity contribution is 5.80. The third kappa shape index (κ3) is 3.13. The minimum absolute atomic E-state index is 0.0944. The third-order valence-electron chi connectivity index (χ3n) is 2.29. The molecule has 1 amide bonds. The first-order chi connectivity index (χ1) is 7.54. The van der Waals surface area contributed by atoms with Crippen molar-refractivity contribution in [2.24, 2.45) is 0 Å². The summed E-state index contributed by atoms with van der Waals surface area (Å²) in [6, 6.07) is 4.25. The summed E-state index contributed by atoms with van der Waals surface area (Å²) in [4.78, 5) is 11.2. The van der Waals surface area contributed by atoms with Gasteiger partial charge in [-0.05, 0) is 24.6 Å². The number of carbonyl (C=O) groups is 1. The zero-order valence-corrected chi connectivity index (χ0v) is 9.32. The van der Waals surface area contributed by atoms with Crippen molar-refractivity contribution < 1.29 is 15.0 Å². The Morgan fingerprint density at radius 2 is 2.06 bits per heavy atom. The van der Waals surface area contributed by atoms with Crippen molar-refractivity contribution in [1.29, 1.82) is 0 Å². The maximum absolute atomic E-state index is 11.2. The maximum atomic E-state index is 11.2. The highest BCUT2D eigenvalue weighted by Crippen LogP contribution is 2.24. The summed E-state index contributed by atoms with van der Waals surface area (Å²) in [5, 5.41) is 23.9. The largest absolute Gasteiger partial charge is 0.504 e. The fraction of sp³-hybridized carbons (Fsp3) is 0.364. The van der Waals surface area contributed by atoms with Crippen molar-refractivity contribution in [3.63, 3.8) is 0 Å². The molecular weight excluding hydrogens is 208 g/mol. The standard InChI is InChI=1S/C11H16N2O3/c1-7(11(16)12-2)13-6-8-3-4-9(14)10(15)5-8/h3-5,7,13-15H,6H2,1-2H3,(H,12,16). The van der Waals surface area contributed by atoms with Crippen molar-refractivity contribution >= 4 is 5.91 Å². The van der Waals surface area contributed by atoms with Crippen LogP contribution in [0.25, 0.3) is 0 Å². The number of likely N-dealkylation sites (N-methyl/N-ethyl adjacent to an activating group) is 1. The number of hydrogen-bond donors (Lipinski definition) is 4. The molecule has 1 aromatic rings. The van der Waals surface area contributed by atoms with Crippen LogP contribution in [0.5, 0.6) is 11.5 Å². The normalized spacial score (nSPS) is 12.1. The van der Waals surface area contributed by atoms with E-state index in [0.29, 0.717) is 6.54 Å². The first-order valence-corrected chi connectivity index (χ1v) is 5.00. The molecule has 88 valence electrons. The zero-order chi connectivity index (χ0) is 12.1. The lowest BCUT2D eigenvalue weighted by atomic mass is 10.2. The Bertz CT molecular complexity index is 379. The van der Waals surface area contributed by atoms with E-state index in [-0.39, 0.29) is 23.4 Å². The van der Waals surface area contributed by atoms with Crippen molar-refractivity contribution in [2.75, 3.05) is 7.05 Å². The number of rotatable bonds is 4. The summed E-state index contributed by atoms with van der Waals surface area (Å²) in [5.41, 5.74) is 0.797. The monoisotopic (exact) mass is 224 g/mol. The molecule has 0 bridgehead atoms. The van der Waals surface area contributed by atoms with Gasteiger partial charge >= 0.3 is 0 Å². The minimum Gasteiger partial charge on any atom is -0.504 e. The van der Waals surface area contributed by atoms with Crippen LogP contribution in [-0.4, -0.2) is 29.2 Å². The van der Waals surface area contributed by atoms with Crippen LogP contribution < -0.4 is 10.6 Å². The topological polar surface area (TPSA) is 81.6 Å². The molecule has 0 spiro atoms. The molecule has 1 rings (SSSR count). The van der Waals surface area contributed by atoms with Gasteiger partial charge in [-0.3, -0.25) is 4.79 Å². The highest BCUT2D eigenvalue weighted by Gasteiger charge is 2.09. The molecular formula is C11H16N2O3. The van der Waals surface area contributed by atoms with Gasteiger partial charge in [0.2, 0.25) is 5.91 Å². The van der Waals surface area contributed by atoms with Crippen molar-refractivity contribution in [3.05, 3.63) is 23.8 Å². The Labute approximate surface area is 94.1 Å². The van der Waals surface area contributed by atoms with Gasteiger partial charge in [0.15, 0.2) is 11.5 Å². The molecule has 1 atom stereocenters. The first-order valence-electron chi connectivity index (χ1n) is 5.00. The fourth-order valence-electron chi connectivity index (χ4n) is 1.26. The number of benzene rings is 1. The van der Waals surface area contributed by atoms with E-state index in [1.54, 1.807) is 20.0 Å². The predicted molar refractivity (Wildman–Crippen MR) is 60.1 cm³/mol. The summed E-state index contributed by atoms with van der Waals surface area (Å²) >= 11 is 0. The average Bonchev–Trinajstić information content (AvgIpc) is 2.29. The molecule has 1 unspecified atom stereocenters. The number of hydrogen-bond acceptors (Lipinski definition) is 4. The van der Waals surface area contributed by atoms with Gasteiger partial charge in [0, 0.05) is 13.6 Å². The number of aromatic hydroxyl groups is 2. The van der Waals surface area contributed by atoms with Crippen molar-refractivity contribution in [2.45, 2.75) is 19.5 Å². The Hall–Kier alpha value is -1.75. The number of amides is 1. The molecule has 0 aromatic heterocycles. The Morgan fingerprint density at radius 3 is 2.62 bits per heavy atom. The lowest BCUT2D eigenvalue weighted by Gasteiger charge is -2.12. The molecule has 0 saturated carbocycles. The van der Waals surface area contributed by atoms with Gasteiger partial charge in [-0.25, -0.2) is 0 Å². The van der Waals surface area contributed by atoms with Gasteiger partial charge in [-0.2, -0.15) is 0 Å². The number of carbonyl (C=O) groups excluding carboxylic acids is 1. The molecule has 0 radical (unpaired) electrons. The molecule has 0 heterocycles. The smallest absolute Gasteiger partial charge is 0.236 e. The van der Waals surface area contributed by atoms with Gasteiger partial charge in [0.25, 0.3) is 0 Å². The molecule has 4 N–H and O–H groups in total. The minimum atomic E-state index is -0.305. The molecule has 16 heavy (non-hydrogen) atoms. The highest BCUT2D eigenvalue weighted by atomic mass is 16.3. The summed E-state index contributed by atoms with van der Waals surface area (Å²) < 4.78 is 0. The van der Waals surface area contributed by atoms with Crippen molar-refractivity contribution in [3.8, 4) is 11.5 Å². The van der Waals surface area contributed by atoms with Crippen LogP contribution in [0.2, 0.25) is 0 Å². The molecule has 0 aliphatic heterocycles. The van der Waals surface area contributed by atoms with Gasteiger partial charge in [0.05, 0.1) is 6.04 Å². The second kappa shape index (κ2) is 5.37. The van der Waals surface area contributed by atoms with E-state index in [1.165, 1.54) is 12.1 Å². The van der Waals surface area contributed by atoms with Crippen LogP contribution in [0, 0.1) is 0 Å². The predicted octanol–water partition coefficient (Wildman–Crippen LogP) is 0.322. The van der Waals surface area contributed by atoms with E-state index < -0.39 is 0 Å². The van der Waals surface area contributed by atoms with E-state index >= 15 is 0 Å². The van der Waals surface area contributed by atoms with Crippen molar-refractivity contribution in [1.82, 2.24) is 10.6 Å². The summed E-state index contributed by atoms with van der Waals surface area (Å²) in [7, 11) is 1.58. The summed E-state index contributed by atoms with van der Waals surface area (Å²) in [6.45, 7) is 2.20. The summed E-state index contributed by atoms with van der Waals surface area (Å²) in [6.07, 6.45) is 0. The SMILES string of the molecule is CNC(=O)C(C)NCc1ccc(O)c(O)c1. The first kappa shape index (κ1) is 12.3. The van der Waals surface area contributed by atoms with E-state index in [1.807, 2.05) is 0 Å². The fourth-order valence-corrected chi connectivity index (χ4v) is 1.26. The van der Waals surface area contributed by atoms with Crippen LogP contribution >= 0.6 is 0 Å². The lowest BCUT2D eigenvalue weighted by molar-refractivity contribution is -0.122. The molecule has 5 nitrogen and oxygen atoms in total. The quantitative estimate of drug-likeness (QED) is 0.555.